The summed E-state index contributed by atoms with van der Waals surface area (Å²) < 4.78 is 19.6. The number of amides is 1. The van der Waals surface area contributed by atoms with Gasteiger partial charge in [0, 0.05) is 16.7 Å². The van der Waals surface area contributed by atoms with Gasteiger partial charge in [-0.25, -0.2) is 4.39 Å². The number of ether oxygens (including phenoxy) is 1. The summed E-state index contributed by atoms with van der Waals surface area (Å²) in [4.78, 5) is 13.9. The molecule has 0 bridgehead atoms. The van der Waals surface area contributed by atoms with Gasteiger partial charge in [-0.1, -0.05) is 28.1 Å². The fourth-order valence-corrected chi connectivity index (χ4v) is 2.44. The fourth-order valence-electron chi connectivity index (χ4n) is 2.11. The zero-order chi connectivity index (χ0) is 16.1. The highest BCUT2D eigenvalue weighted by Gasteiger charge is 2.15. The molecule has 5 heteroatoms. The smallest absolute Gasteiger partial charge is 0.264 e. The average Bonchev–Trinajstić information content (AvgIpc) is 2.47. The van der Waals surface area contributed by atoms with E-state index in [4.69, 9.17) is 4.74 Å². The van der Waals surface area contributed by atoms with E-state index in [0.29, 0.717) is 11.0 Å². The van der Waals surface area contributed by atoms with Gasteiger partial charge in [0.15, 0.2) is 18.2 Å². The number of hydrogen-bond donors (Lipinski definition) is 0. The second kappa shape index (κ2) is 7.40. The van der Waals surface area contributed by atoms with Crippen LogP contribution in [0.4, 0.5) is 10.1 Å². The zero-order valence-corrected chi connectivity index (χ0v) is 14.1. The molecule has 0 aliphatic rings. The first-order valence-corrected chi connectivity index (χ1v) is 7.75. The van der Waals surface area contributed by atoms with Crippen LogP contribution in [-0.2, 0) is 4.79 Å². The van der Waals surface area contributed by atoms with Crippen LogP contribution in [0.15, 0.2) is 46.9 Å². The SMILES string of the molecule is CCN(C(=O)COc1ccc(Br)cc1F)c1cccc(C)c1. The molecular weight excluding hydrogens is 349 g/mol. The van der Waals surface area contributed by atoms with Gasteiger partial charge in [0.2, 0.25) is 0 Å². The number of nitrogens with zero attached hydrogens (tertiary/aromatic N) is 1. The quantitative estimate of drug-likeness (QED) is 0.789. The minimum Gasteiger partial charge on any atom is -0.481 e. The Kier molecular flexibility index (Phi) is 5.55. The van der Waals surface area contributed by atoms with E-state index in [2.05, 4.69) is 15.9 Å². The molecule has 0 aliphatic heterocycles. The van der Waals surface area contributed by atoms with Crippen molar-refractivity contribution in [2.45, 2.75) is 13.8 Å². The number of carbonyl (C=O) groups excluding carboxylic acids is 1. The minimum atomic E-state index is -0.499. The van der Waals surface area contributed by atoms with E-state index in [1.165, 1.54) is 12.1 Å². The average molecular weight is 366 g/mol. The summed E-state index contributed by atoms with van der Waals surface area (Å²) in [5.41, 5.74) is 1.89. The Hall–Kier alpha value is -1.88. The highest BCUT2D eigenvalue weighted by Crippen LogP contribution is 2.22. The molecule has 0 saturated carbocycles. The Bertz CT molecular complexity index is 675. The number of likely N-dealkylation sites (N-methyl/N-ethyl adjacent to an activating group) is 1. The van der Waals surface area contributed by atoms with Crippen molar-refractivity contribution in [3.05, 3.63) is 58.3 Å². The standard InChI is InChI=1S/C17H17BrFNO2/c1-3-20(14-6-4-5-12(2)9-14)17(21)11-22-16-8-7-13(18)10-15(16)19/h4-10H,3,11H2,1-2H3. The number of hydrogen-bond acceptors (Lipinski definition) is 2. The molecule has 2 rings (SSSR count). The van der Waals surface area contributed by atoms with Gasteiger partial charge in [-0.2, -0.15) is 0 Å². The van der Waals surface area contributed by atoms with Gasteiger partial charge in [0.25, 0.3) is 5.91 Å². The van der Waals surface area contributed by atoms with Crippen molar-refractivity contribution in [3.63, 3.8) is 0 Å². The Morgan fingerprint density at radius 2 is 2.05 bits per heavy atom. The minimum absolute atomic E-state index is 0.0665. The monoisotopic (exact) mass is 365 g/mol. The molecule has 0 unspecified atom stereocenters. The summed E-state index contributed by atoms with van der Waals surface area (Å²) in [5, 5.41) is 0. The molecule has 2 aromatic rings. The number of anilines is 1. The van der Waals surface area contributed by atoms with Crippen molar-refractivity contribution in [1.29, 1.82) is 0 Å². The molecule has 0 spiro atoms. The summed E-state index contributed by atoms with van der Waals surface area (Å²) >= 11 is 3.18. The lowest BCUT2D eigenvalue weighted by atomic mass is 10.2. The van der Waals surface area contributed by atoms with Crippen LogP contribution in [0.3, 0.4) is 0 Å². The number of carbonyl (C=O) groups is 1. The summed E-state index contributed by atoms with van der Waals surface area (Å²) in [6.45, 7) is 4.17. The van der Waals surface area contributed by atoms with Gasteiger partial charge in [-0.15, -0.1) is 0 Å². The lowest BCUT2D eigenvalue weighted by Crippen LogP contribution is -2.34. The third-order valence-electron chi connectivity index (χ3n) is 3.18. The number of benzene rings is 2. The predicted octanol–water partition coefficient (Wildman–Crippen LogP) is 4.33. The lowest BCUT2D eigenvalue weighted by Gasteiger charge is -2.21. The van der Waals surface area contributed by atoms with Crippen molar-refractivity contribution in [3.8, 4) is 5.75 Å². The Labute approximate surface area is 137 Å². The second-order valence-electron chi connectivity index (χ2n) is 4.84. The largest absolute Gasteiger partial charge is 0.481 e. The van der Waals surface area contributed by atoms with Crippen LogP contribution >= 0.6 is 15.9 Å². The van der Waals surface area contributed by atoms with Gasteiger partial charge in [0.05, 0.1) is 0 Å². The molecule has 0 heterocycles. The second-order valence-corrected chi connectivity index (χ2v) is 5.76. The number of halogens is 2. The molecule has 0 aliphatic carbocycles. The molecule has 0 atom stereocenters. The molecule has 1 amide bonds. The maximum absolute atomic E-state index is 13.7. The molecule has 0 fully saturated rings. The van der Waals surface area contributed by atoms with Crippen LogP contribution in [0.25, 0.3) is 0 Å². The predicted molar refractivity (Wildman–Crippen MR) is 88.8 cm³/mol. The van der Waals surface area contributed by atoms with Crippen LogP contribution in [0, 0.1) is 12.7 Å². The molecule has 0 radical (unpaired) electrons. The van der Waals surface area contributed by atoms with E-state index >= 15 is 0 Å². The van der Waals surface area contributed by atoms with Crippen LogP contribution in [0.1, 0.15) is 12.5 Å². The summed E-state index contributed by atoms with van der Waals surface area (Å²) in [6.07, 6.45) is 0. The van der Waals surface area contributed by atoms with E-state index in [9.17, 15) is 9.18 Å². The first-order valence-electron chi connectivity index (χ1n) is 6.96. The molecule has 116 valence electrons. The van der Waals surface area contributed by atoms with Gasteiger partial charge in [-0.3, -0.25) is 4.79 Å². The van der Waals surface area contributed by atoms with Gasteiger partial charge in [0.1, 0.15) is 0 Å². The third kappa shape index (κ3) is 4.07. The zero-order valence-electron chi connectivity index (χ0n) is 12.5. The molecule has 3 nitrogen and oxygen atoms in total. The molecule has 0 N–H and O–H groups in total. The van der Waals surface area contributed by atoms with Crippen molar-refractivity contribution in [2.75, 3.05) is 18.1 Å². The molecule has 22 heavy (non-hydrogen) atoms. The first kappa shape index (κ1) is 16.5. The Morgan fingerprint density at radius 1 is 1.27 bits per heavy atom. The fraction of sp³-hybridized carbons (Fsp3) is 0.235. The van der Waals surface area contributed by atoms with Gasteiger partial charge < -0.3 is 9.64 Å². The maximum Gasteiger partial charge on any atom is 0.264 e. The molecule has 2 aromatic carbocycles. The van der Waals surface area contributed by atoms with Crippen molar-refractivity contribution in [1.82, 2.24) is 0 Å². The maximum atomic E-state index is 13.7. The van der Waals surface area contributed by atoms with Crippen LogP contribution in [0.2, 0.25) is 0 Å². The normalized spacial score (nSPS) is 10.4. The van der Waals surface area contributed by atoms with Crippen molar-refractivity contribution in [2.24, 2.45) is 0 Å². The molecular formula is C17H17BrFNO2. The lowest BCUT2D eigenvalue weighted by molar-refractivity contribution is -0.120. The van der Waals surface area contributed by atoms with Gasteiger partial charge >= 0.3 is 0 Å². The van der Waals surface area contributed by atoms with Crippen LogP contribution in [0.5, 0.6) is 5.75 Å². The third-order valence-corrected chi connectivity index (χ3v) is 3.67. The summed E-state index contributed by atoms with van der Waals surface area (Å²) in [7, 11) is 0. The number of rotatable bonds is 5. The molecule has 0 aromatic heterocycles. The van der Waals surface area contributed by atoms with E-state index in [-0.39, 0.29) is 18.3 Å². The summed E-state index contributed by atoms with van der Waals surface area (Å²) in [5.74, 6) is -0.645. The van der Waals surface area contributed by atoms with Gasteiger partial charge in [-0.05, 0) is 49.7 Å². The Morgan fingerprint density at radius 3 is 2.68 bits per heavy atom. The van der Waals surface area contributed by atoms with E-state index in [1.54, 1.807) is 11.0 Å². The van der Waals surface area contributed by atoms with E-state index < -0.39 is 5.82 Å². The summed E-state index contributed by atoms with van der Waals surface area (Å²) in [6, 6.07) is 12.1. The Balaban J connectivity index is 2.06. The first-order chi connectivity index (χ1) is 10.5. The van der Waals surface area contributed by atoms with Crippen LogP contribution in [-0.4, -0.2) is 19.1 Å². The van der Waals surface area contributed by atoms with Crippen LogP contribution < -0.4 is 9.64 Å². The van der Waals surface area contributed by atoms with Crippen molar-refractivity contribution < 1.29 is 13.9 Å². The van der Waals surface area contributed by atoms with E-state index in [0.717, 1.165) is 11.3 Å². The topological polar surface area (TPSA) is 29.5 Å². The highest BCUT2D eigenvalue weighted by atomic mass is 79.9. The number of aryl methyl sites for hydroxylation is 1. The van der Waals surface area contributed by atoms with Crippen molar-refractivity contribution >= 4 is 27.5 Å². The van der Waals surface area contributed by atoms with E-state index in [1.807, 2.05) is 38.1 Å². The molecule has 0 saturated heterocycles. The highest BCUT2D eigenvalue weighted by molar-refractivity contribution is 9.10.